The fourth-order valence-corrected chi connectivity index (χ4v) is 2.45. The first-order valence-corrected chi connectivity index (χ1v) is 6.42. The Morgan fingerprint density at radius 1 is 1.22 bits per heavy atom. The van der Waals surface area contributed by atoms with E-state index < -0.39 is 0 Å². The highest BCUT2D eigenvalue weighted by atomic mass is 16.3. The number of nitrogens with zero attached hydrogens (tertiary/aromatic N) is 1. The van der Waals surface area contributed by atoms with Crippen LogP contribution in [0.15, 0.2) is 40.8 Å². The fraction of sp³-hybridized carbons (Fsp3) is 0.333. The Morgan fingerprint density at radius 3 is 2.94 bits per heavy atom. The van der Waals surface area contributed by atoms with Gasteiger partial charge < -0.3 is 14.6 Å². The molecule has 0 aliphatic carbocycles. The van der Waals surface area contributed by atoms with Gasteiger partial charge in [-0.2, -0.15) is 0 Å². The predicted octanol–water partition coefficient (Wildman–Crippen LogP) is 2.70. The zero-order valence-electron chi connectivity index (χ0n) is 10.6. The van der Waals surface area contributed by atoms with E-state index in [9.17, 15) is 0 Å². The minimum atomic E-state index is 0.840. The Labute approximate surface area is 107 Å². The number of rotatable bonds is 2. The first-order valence-electron chi connectivity index (χ1n) is 6.42. The van der Waals surface area contributed by atoms with Crippen LogP contribution in [0.5, 0.6) is 0 Å². The Bertz CT molecular complexity index is 533. The quantitative estimate of drug-likeness (QED) is 0.877. The third kappa shape index (κ3) is 2.27. The third-order valence-electron chi connectivity index (χ3n) is 3.35. The van der Waals surface area contributed by atoms with Crippen LogP contribution in [0, 0.1) is 6.92 Å². The highest BCUT2D eigenvalue weighted by Crippen LogP contribution is 2.24. The van der Waals surface area contributed by atoms with Gasteiger partial charge in [0, 0.05) is 25.3 Å². The van der Waals surface area contributed by atoms with Crippen LogP contribution in [0.1, 0.15) is 17.1 Å². The molecule has 0 amide bonds. The number of hydrogen-bond acceptors (Lipinski definition) is 3. The zero-order valence-corrected chi connectivity index (χ0v) is 10.6. The molecule has 0 fully saturated rings. The largest absolute Gasteiger partial charge is 0.464 e. The van der Waals surface area contributed by atoms with Crippen molar-refractivity contribution in [2.24, 2.45) is 0 Å². The van der Waals surface area contributed by atoms with Gasteiger partial charge in [-0.3, -0.25) is 0 Å². The fourth-order valence-electron chi connectivity index (χ4n) is 2.45. The van der Waals surface area contributed by atoms with Crippen LogP contribution < -0.4 is 10.2 Å². The van der Waals surface area contributed by atoms with E-state index in [-0.39, 0.29) is 0 Å². The molecule has 3 nitrogen and oxygen atoms in total. The number of benzene rings is 1. The summed E-state index contributed by atoms with van der Waals surface area (Å²) in [5.41, 5.74) is 2.68. The van der Waals surface area contributed by atoms with E-state index in [1.54, 1.807) is 0 Å². The van der Waals surface area contributed by atoms with E-state index in [0.29, 0.717) is 0 Å². The molecule has 1 aromatic carbocycles. The standard InChI is InChI=1S/C15H18N2O/c1-12-6-7-14(18-12)11-17-9-8-16-10-13-4-2-3-5-15(13)17/h2-7,16H,8-11H2,1H3. The number of nitrogens with one attached hydrogen (secondary N) is 1. The SMILES string of the molecule is Cc1ccc(CN2CCNCc3ccccc32)o1. The number of anilines is 1. The van der Waals surface area contributed by atoms with Crippen molar-refractivity contribution in [1.29, 1.82) is 0 Å². The topological polar surface area (TPSA) is 28.4 Å². The van der Waals surface area contributed by atoms with Crippen molar-refractivity contribution in [3.8, 4) is 0 Å². The second kappa shape index (κ2) is 4.86. The van der Waals surface area contributed by atoms with Crippen LogP contribution >= 0.6 is 0 Å². The van der Waals surface area contributed by atoms with Crippen molar-refractivity contribution in [2.45, 2.75) is 20.0 Å². The summed E-state index contributed by atoms with van der Waals surface area (Å²) < 4.78 is 5.68. The molecule has 0 saturated heterocycles. The average Bonchev–Trinajstić information content (AvgIpc) is 2.68. The monoisotopic (exact) mass is 242 g/mol. The molecular weight excluding hydrogens is 224 g/mol. The van der Waals surface area contributed by atoms with E-state index in [2.05, 4.69) is 40.5 Å². The minimum Gasteiger partial charge on any atom is -0.464 e. The molecule has 0 bridgehead atoms. The van der Waals surface area contributed by atoms with Crippen LogP contribution in [0.2, 0.25) is 0 Å². The van der Waals surface area contributed by atoms with Crippen LogP contribution in [0.25, 0.3) is 0 Å². The lowest BCUT2D eigenvalue weighted by Crippen LogP contribution is -2.28. The second-order valence-electron chi connectivity index (χ2n) is 4.74. The van der Waals surface area contributed by atoms with Gasteiger partial charge in [-0.05, 0) is 30.7 Å². The Kier molecular flexibility index (Phi) is 3.07. The van der Waals surface area contributed by atoms with Crippen molar-refractivity contribution in [1.82, 2.24) is 5.32 Å². The number of hydrogen-bond donors (Lipinski definition) is 1. The van der Waals surface area contributed by atoms with E-state index in [0.717, 1.165) is 37.7 Å². The summed E-state index contributed by atoms with van der Waals surface area (Å²) in [6, 6.07) is 12.7. The molecule has 1 aliphatic heterocycles. The maximum Gasteiger partial charge on any atom is 0.123 e. The predicted molar refractivity (Wildman–Crippen MR) is 72.6 cm³/mol. The van der Waals surface area contributed by atoms with Crippen molar-refractivity contribution < 1.29 is 4.42 Å². The van der Waals surface area contributed by atoms with E-state index in [1.165, 1.54) is 11.3 Å². The van der Waals surface area contributed by atoms with E-state index in [1.807, 2.05) is 13.0 Å². The van der Waals surface area contributed by atoms with Gasteiger partial charge in [0.25, 0.3) is 0 Å². The highest BCUT2D eigenvalue weighted by molar-refractivity contribution is 5.54. The lowest BCUT2D eigenvalue weighted by Gasteiger charge is -2.23. The second-order valence-corrected chi connectivity index (χ2v) is 4.74. The summed E-state index contributed by atoms with van der Waals surface area (Å²) in [7, 11) is 0. The van der Waals surface area contributed by atoms with Crippen molar-refractivity contribution in [3.63, 3.8) is 0 Å². The number of para-hydroxylation sites is 1. The number of aryl methyl sites for hydroxylation is 1. The van der Waals surface area contributed by atoms with Crippen LogP contribution in [0.4, 0.5) is 5.69 Å². The zero-order chi connectivity index (χ0) is 12.4. The molecule has 1 aromatic heterocycles. The Hall–Kier alpha value is -1.74. The van der Waals surface area contributed by atoms with Crippen molar-refractivity contribution in [2.75, 3.05) is 18.0 Å². The number of furan rings is 1. The maximum absolute atomic E-state index is 5.68. The molecule has 0 radical (unpaired) electrons. The third-order valence-corrected chi connectivity index (χ3v) is 3.35. The minimum absolute atomic E-state index is 0.840. The molecular formula is C15H18N2O. The van der Waals surface area contributed by atoms with Crippen LogP contribution in [-0.4, -0.2) is 13.1 Å². The molecule has 18 heavy (non-hydrogen) atoms. The molecule has 2 heterocycles. The van der Waals surface area contributed by atoms with Crippen LogP contribution in [-0.2, 0) is 13.1 Å². The van der Waals surface area contributed by atoms with Gasteiger partial charge in [-0.15, -0.1) is 0 Å². The van der Waals surface area contributed by atoms with E-state index >= 15 is 0 Å². The number of fused-ring (bicyclic) bond motifs is 1. The van der Waals surface area contributed by atoms with Gasteiger partial charge in [0.2, 0.25) is 0 Å². The maximum atomic E-state index is 5.68. The Morgan fingerprint density at radius 2 is 2.11 bits per heavy atom. The molecule has 2 aromatic rings. The van der Waals surface area contributed by atoms with Gasteiger partial charge in [0.05, 0.1) is 6.54 Å². The molecule has 3 rings (SSSR count). The summed E-state index contributed by atoms with van der Waals surface area (Å²) >= 11 is 0. The normalized spacial score (nSPS) is 15.3. The summed E-state index contributed by atoms with van der Waals surface area (Å²) in [5.74, 6) is 2.01. The van der Waals surface area contributed by atoms with Crippen molar-refractivity contribution >= 4 is 5.69 Å². The molecule has 94 valence electrons. The highest BCUT2D eigenvalue weighted by Gasteiger charge is 2.15. The summed E-state index contributed by atoms with van der Waals surface area (Å²) in [4.78, 5) is 2.38. The first kappa shape index (κ1) is 11.4. The van der Waals surface area contributed by atoms with E-state index in [4.69, 9.17) is 4.42 Å². The summed E-state index contributed by atoms with van der Waals surface area (Å²) in [5, 5.41) is 3.45. The summed E-state index contributed by atoms with van der Waals surface area (Å²) in [6.45, 7) is 5.79. The van der Waals surface area contributed by atoms with Gasteiger partial charge >= 0.3 is 0 Å². The van der Waals surface area contributed by atoms with Crippen LogP contribution in [0.3, 0.4) is 0 Å². The average molecular weight is 242 g/mol. The van der Waals surface area contributed by atoms with Gasteiger partial charge in [0.15, 0.2) is 0 Å². The Balaban J connectivity index is 1.87. The van der Waals surface area contributed by atoms with Gasteiger partial charge in [0.1, 0.15) is 11.5 Å². The molecule has 3 heteroatoms. The lowest BCUT2D eigenvalue weighted by molar-refractivity contribution is 0.477. The van der Waals surface area contributed by atoms with Gasteiger partial charge in [-0.25, -0.2) is 0 Å². The summed E-state index contributed by atoms with van der Waals surface area (Å²) in [6.07, 6.45) is 0. The molecule has 0 unspecified atom stereocenters. The van der Waals surface area contributed by atoms with Crippen molar-refractivity contribution in [3.05, 3.63) is 53.5 Å². The molecule has 0 spiro atoms. The lowest BCUT2D eigenvalue weighted by atomic mass is 10.1. The molecule has 1 N–H and O–H groups in total. The first-order chi connectivity index (χ1) is 8.83. The molecule has 1 aliphatic rings. The van der Waals surface area contributed by atoms with Gasteiger partial charge in [-0.1, -0.05) is 18.2 Å². The molecule has 0 saturated carbocycles. The smallest absolute Gasteiger partial charge is 0.123 e. The molecule has 0 atom stereocenters.